The molecule has 0 aromatic rings. The molecule has 1 fully saturated rings. The second kappa shape index (κ2) is 5.79. The number of nitrogens with zero attached hydrogens (tertiary/aromatic N) is 2. The van der Waals surface area contributed by atoms with E-state index in [1.54, 1.807) is 0 Å². The van der Waals surface area contributed by atoms with Crippen molar-refractivity contribution < 1.29 is 23.5 Å². The van der Waals surface area contributed by atoms with Gasteiger partial charge in [-0.1, -0.05) is 0 Å². The number of rotatable bonds is 3. The summed E-state index contributed by atoms with van der Waals surface area (Å²) in [7, 11) is 1.25. The Balaban J connectivity index is 2.67. The maximum Gasteiger partial charge on any atom is 0.326 e. The molecule has 2 amide bonds. The predicted molar refractivity (Wildman–Crippen MR) is 56.0 cm³/mol. The van der Waals surface area contributed by atoms with Crippen molar-refractivity contribution in [2.24, 2.45) is 0 Å². The molecule has 1 aliphatic heterocycles. The van der Waals surface area contributed by atoms with Gasteiger partial charge in [-0.25, -0.2) is 18.4 Å². The lowest BCUT2D eigenvalue weighted by molar-refractivity contribution is -0.143. The highest BCUT2D eigenvalue weighted by Crippen LogP contribution is 2.18. The molecular formula is C10H16F2N2O3. The normalized spacial score (nSPS) is 20.5. The first kappa shape index (κ1) is 13.7. The number of piperidine rings is 1. The van der Waals surface area contributed by atoms with E-state index >= 15 is 0 Å². The molecule has 1 atom stereocenters. The molecule has 0 saturated carbocycles. The lowest BCUT2D eigenvalue weighted by atomic mass is 10.0. The summed E-state index contributed by atoms with van der Waals surface area (Å²) in [5.41, 5.74) is 0. The number of hydrogen-bond donors (Lipinski definition) is 1. The SMILES string of the molecule is CN(CC(F)F)C(=O)N1CCCCC1C(=O)O. The lowest BCUT2D eigenvalue weighted by Gasteiger charge is -2.35. The average Bonchev–Trinajstić information content (AvgIpc) is 2.27. The van der Waals surface area contributed by atoms with Gasteiger partial charge in [-0.05, 0) is 19.3 Å². The van der Waals surface area contributed by atoms with Crippen LogP contribution in [-0.2, 0) is 4.79 Å². The number of aliphatic carboxylic acids is 1. The van der Waals surface area contributed by atoms with Crippen LogP contribution in [-0.4, -0.2) is 59.5 Å². The molecule has 7 heteroatoms. The van der Waals surface area contributed by atoms with Crippen molar-refractivity contribution in [1.82, 2.24) is 9.80 Å². The van der Waals surface area contributed by atoms with Crippen LogP contribution in [0.3, 0.4) is 0 Å². The topological polar surface area (TPSA) is 60.9 Å². The van der Waals surface area contributed by atoms with Gasteiger partial charge in [-0.15, -0.1) is 0 Å². The number of alkyl halides is 2. The van der Waals surface area contributed by atoms with Crippen molar-refractivity contribution >= 4 is 12.0 Å². The molecule has 1 unspecified atom stereocenters. The number of carbonyl (C=O) groups excluding carboxylic acids is 1. The van der Waals surface area contributed by atoms with Crippen LogP contribution in [0.5, 0.6) is 0 Å². The molecule has 5 nitrogen and oxygen atoms in total. The van der Waals surface area contributed by atoms with Crippen molar-refractivity contribution in [1.29, 1.82) is 0 Å². The summed E-state index contributed by atoms with van der Waals surface area (Å²) in [5.74, 6) is -1.08. The summed E-state index contributed by atoms with van der Waals surface area (Å²) in [4.78, 5) is 24.8. The molecule has 1 aliphatic rings. The van der Waals surface area contributed by atoms with Crippen LogP contribution in [0.1, 0.15) is 19.3 Å². The minimum atomic E-state index is -2.61. The Morgan fingerprint density at radius 3 is 2.65 bits per heavy atom. The molecule has 0 aliphatic carbocycles. The van der Waals surface area contributed by atoms with Gasteiger partial charge in [0.05, 0.1) is 6.54 Å². The average molecular weight is 250 g/mol. The summed E-state index contributed by atoms with van der Waals surface area (Å²) in [6.45, 7) is -0.370. The maximum atomic E-state index is 12.1. The third-order valence-electron chi connectivity index (χ3n) is 2.77. The van der Waals surface area contributed by atoms with Gasteiger partial charge >= 0.3 is 12.0 Å². The third-order valence-corrected chi connectivity index (χ3v) is 2.77. The highest BCUT2D eigenvalue weighted by molar-refractivity contribution is 5.82. The van der Waals surface area contributed by atoms with Crippen LogP contribution >= 0.6 is 0 Å². The Bertz CT molecular complexity index is 299. The fraction of sp³-hybridized carbons (Fsp3) is 0.800. The molecule has 0 spiro atoms. The van der Waals surface area contributed by atoms with E-state index in [0.29, 0.717) is 19.4 Å². The zero-order valence-electron chi connectivity index (χ0n) is 9.60. The Labute approximate surface area is 98.0 Å². The Morgan fingerprint density at radius 2 is 2.12 bits per heavy atom. The number of halogens is 2. The van der Waals surface area contributed by atoms with Crippen LogP contribution in [0.25, 0.3) is 0 Å². The van der Waals surface area contributed by atoms with Gasteiger partial charge in [0.25, 0.3) is 6.43 Å². The molecule has 17 heavy (non-hydrogen) atoms. The zero-order valence-corrected chi connectivity index (χ0v) is 9.60. The fourth-order valence-electron chi connectivity index (χ4n) is 1.92. The summed E-state index contributed by atoms with van der Waals surface area (Å²) in [6.07, 6.45) is -0.793. The van der Waals surface area contributed by atoms with Gasteiger partial charge in [0.1, 0.15) is 6.04 Å². The van der Waals surface area contributed by atoms with E-state index in [1.807, 2.05) is 0 Å². The number of carbonyl (C=O) groups is 2. The second-order valence-corrected chi connectivity index (χ2v) is 4.10. The van der Waals surface area contributed by atoms with Gasteiger partial charge in [0.15, 0.2) is 0 Å². The van der Waals surface area contributed by atoms with Gasteiger partial charge < -0.3 is 14.9 Å². The highest BCUT2D eigenvalue weighted by Gasteiger charge is 2.33. The minimum absolute atomic E-state index is 0.309. The monoisotopic (exact) mass is 250 g/mol. The number of hydrogen-bond acceptors (Lipinski definition) is 2. The number of carboxylic acid groups (broad SMARTS) is 1. The van der Waals surface area contributed by atoms with Gasteiger partial charge in [0, 0.05) is 13.6 Å². The molecule has 1 N–H and O–H groups in total. The Morgan fingerprint density at radius 1 is 1.47 bits per heavy atom. The van der Waals surface area contributed by atoms with E-state index in [-0.39, 0.29) is 0 Å². The van der Waals surface area contributed by atoms with Crippen molar-refractivity contribution in [3.05, 3.63) is 0 Å². The van der Waals surface area contributed by atoms with Gasteiger partial charge in [-0.3, -0.25) is 0 Å². The standard InChI is InChI=1S/C10H16F2N2O3/c1-13(6-8(11)12)10(17)14-5-3-2-4-7(14)9(15)16/h7-8H,2-6H2,1H3,(H,15,16). The third kappa shape index (κ3) is 3.54. The van der Waals surface area contributed by atoms with Crippen molar-refractivity contribution in [2.45, 2.75) is 31.7 Å². The Hall–Kier alpha value is -1.40. The molecule has 1 saturated heterocycles. The molecule has 98 valence electrons. The highest BCUT2D eigenvalue weighted by atomic mass is 19.3. The first-order chi connectivity index (χ1) is 7.93. The quantitative estimate of drug-likeness (QED) is 0.819. The number of urea groups is 1. The van der Waals surface area contributed by atoms with Crippen molar-refractivity contribution in [3.63, 3.8) is 0 Å². The number of amides is 2. The Kier molecular flexibility index (Phi) is 4.65. The second-order valence-electron chi connectivity index (χ2n) is 4.10. The molecular weight excluding hydrogens is 234 g/mol. The minimum Gasteiger partial charge on any atom is -0.480 e. The molecule has 0 bridgehead atoms. The molecule has 0 radical (unpaired) electrons. The van der Waals surface area contributed by atoms with E-state index < -0.39 is 31.0 Å². The van der Waals surface area contributed by atoms with E-state index in [2.05, 4.69) is 0 Å². The molecule has 0 aromatic heterocycles. The van der Waals surface area contributed by atoms with Crippen LogP contribution in [0, 0.1) is 0 Å². The van der Waals surface area contributed by atoms with Crippen molar-refractivity contribution in [3.8, 4) is 0 Å². The number of likely N-dealkylation sites (tertiary alicyclic amines) is 1. The largest absolute Gasteiger partial charge is 0.480 e. The molecule has 1 heterocycles. The summed E-state index contributed by atoms with van der Waals surface area (Å²) in [5, 5.41) is 8.96. The van der Waals surface area contributed by atoms with Gasteiger partial charge in [0.2, 0.25) is 0 Å². The molecule has 1 rings (SSSR count). The summed E-state index contributed by atoms with van der Waals surface area (Å²) < 4.78 is 24.3. The maximum absolute atomic E-state index is 12.1. The predicted octanol–water partition coefficient (Wildman–Crippen LogP) is 1.24. The van der Waals surface area contributed by atoms with Gasteiger partial charge in [-0.2, -0.15) is 0 Å². The summed E-state index contributed by atoms with van der Waals surface area (Å²) in [6, 6.07) is -1.53. The smallest absolute Gasteiger partial charge is 0.326 e. The van der Waals surface area contributed by atoms with E-state index in [1.165, 1.54) is 7.05 Å². The first-order valence-electron chi connectivity index (χ1n) is 5.46. The lowest BCUT2D eigenvalue weighted by Crippen LogP contribution is -2.52. The van der Waals surface area contributed by atoms with Crippen LogP contribution in [0.4, 0.5) is 13.6 Å². The molecule has 0 aromatic carbocycles. The first-order valence-corrected chi connectivity index (χ1v) is 5.46. The van der Waals surface area contributed by atoms with E-state index in [9.17, 15) is 18.4 Å². The fourth-order valence-corrected chi connectivity index (χ4v) is 1.92. The van der Waals surface area contributed by atoms with Crippen molar-refractivity contribution in [2.75, 3.05) is 20.1 Å². The van der Waals surface area contributed by atoms with Crippen LogP contribution < -0.4 is 0 Å². The van der Waals surface area contributed by atoms with E-state index in [0.717, 1.165) is 16.2 Å². The zero-order chi connectivity index (χ0) is 13.0. The van der Waals surface area contributed by atoms with Crippen LogP contribution in [0.15, 0.2) is 0 Å². The van der Waals surface area contributed by atoms with E-state index in [4.69, 9.17) is 5.11 Å². The number of carboxylic acids is 1. The summed E-state index contributed by atoms with van der Waals surface area (Å²) >= 11 is 0. The van der Waals surface area contributed by atoms with Crippen LogP contribution in [0.2, 0.25) is 0 Å².